The first-order valence-electron chi connectivity index (χ1n) is 8.71. The smallest absolute Gasteiger partial charge is 0.342 e. The van der Waals surface area contributed by atoms with Crippen LogP contribution >= 0.6 is 0 Å². The van der Waals surface area contributed by atoms with Gasteiger partial charge in [-0.3, -0.25) is 4.79 Å². The Morgan fingerprint density at radius 3 is 2.57 bits per heavy atom. The third kappa shape index (κ3) is 4.70. The van der Waals surface area contributed by atoms with E-state index in [0.717, 1.165) is 5.56 Å². The Balaban J connectivity index is 1.56. The van der Waals surface area contributed by atoms with E-state index in [4.69, 9.17) is 4.74 Å². The molecule has 0 bridgehead atoms. The number of benzene rings is 2. The van der Waals surface area contributed by atoms with E-state index >= 15 is 0 Å². The number of ether oxygens (including phenoxy) is 1. The molecule has 0 fully saturated rings. The van der Waals surface area contributed by atoms with E-state index < -0.39 is 4.92 Å². The van der Waals surface area contributed by atoms with Crippen LogP contribution in [0, 0.1) is 17.0 Å². The molecule has 0 N–H and O–H groups in total. The van der Waals surface area contributed by atoms with Gasteiger partial charge in [-0.05, 0) is 40.8 Å². The van der Waals surface area contributed by atoms with E-state index in [-0.39, 0.29) is 18.2 Å². The van der Waals surface area contributed by atoms with Crippen LogP contribution in [0.2, 0.25) is 0 Å². The third-order valence-corrected chi connectivity index (χ3v) is 4.17. The van der Waals surface area contributed by atoms with E-state index in [1.165, 1.54) is 16.8 Å². The molecule has 2 aromatic carbocycles. The van der Waals surface area contributed by atoms with Gasteiger partial charge in [0, 0.05) is 12.5 Å². The lowest BCUT2D eigenvalue weighted by molar-refractivity contribution is -0.392. The largest absolute Gasteiger partial charge is 0.489 e. The number of nitrogens with zero attached hydrogens (tertiary/aromatic N) is 3. The van der Waals surface area contributed by atoms with Crippen molar-refractivity contribution in [1.29, 1.82) is 0 Å². The maximum absolute atomic E-state index is 12.2. The van der Waals surface area contributed by atoms with Gasteiger partial charge in [-0.1, -0.05) is 36.4 Å². The zero-order chi connectivity index (χ0) is 19.9. The van der Waals surface area contributed by atoms with E-state index in [1.54, 1.807) is 37.3 Å². The fraction of sp³-hybridized carbons (Fsp3) is 0.143. The summed E-state index contributed by atoms with van der Waals surface area (Å²) in [7, 11) is 0. The number of carbonyl (C=O) groups excluding carboxylic acids is 1. The average Bonchev–Trinajstić information content (AvgIpc) is 3.08. The quantitative estimate of drug-likeness (QED) is 0.255. The number of allylic oxidation sites excluding steroid dienone is 1. The Morgan fingerprint density at radius 1 is 1.18 bits per heavy atom. The first-order valence-corrected chi connectivity index (χ1v) is 8.71. The highest BCUT2D eigenvalue weighted by Gasteiger charge is 2.16. The van der Waals surface area contributed by atoms with Crippen LogP contribution in [0.5, 0.6) is 5.75 Å². The number of rotatable bonds is 8. The Kier molecular flexibility index (Phi) is 5.96. The van der Waals surface area contributed by atoms with E-state index in [0.29, 0.717) is 23.7 Å². The van der Waals surface area contributed by atoms with Crippen molar-refractivity contribution >= 4 is 17.7 Å². The molecule has 142 valence electrons. The fourth-order valence-corrected chi connectivity index (χ4v) is 2.68. The van der Waals surface area contributed by atoms with Crippen molar-refractivity contribution in [2.75, 3.05) is 6.61 Å². The summed E-state index contributed by atoms with van der Waals surface area (Å²) in [4.78, 5) is 26.7. The number of carbonyl (C=O) groups is 1. The number of hydrogen-bond acceptors (Lipinski definition) is 5. The second-order valence-corrected chi connectivity index (χ2v) is 6.05. The molecule has 28 heavy (non-hydrogen) atoms. The van der Waals surface area contributed by atoms with Crippen molar-refractivity contribution in [2.24, 2.45) is 0 Å². The van der Waals surface area contributed by atoms with Crippen LogP contribution in [0.25, 0.3) is 6.08 Å². The van der Waals surface area contributed by atoms with Crippen LogP contribution in [0.3, 0.4) is 0 Å². The molecule has 0 saturated heterocycles. The molecule has 0 saturated carbocycles. The maximum Gasteiger partial charge on any atom is 0.342 e. The van der Waals surface area contributed by atoms with Gasteiger partial charge in [0.05, 0.1) is 0 Å². The van der Waals surface area contributed by atoms with Gasteiger partial charge < -0.3 is 14.9 Å². The molecule has 3 aromatic rings. The minimum atomic E-state index is -0.469. The molecule has 1 aromatic heterocycles. The summed E-state index contributed by atoms with van der Waals surface area (Å²) in [5.74, 6) is 0.984. The maximum atomic E-state index is 12.2. The molecule has 0 radical (unpaired) electrons. The molecule has 0 spiro atoms. The first kappa shape index (κ1) is 19.0. The Hall–Kier alpha value is -3.74. The molecular weight excluding hydrogens is 358 g/mol. The molecule has 3 rings (SSSR count). The Bertz CT molecular complexity index is 992. The van der Waals surface area contributed by atoms with Gasteiger partial charge in [0.2, 0.25) is 0 Å². The van der Waals surface area contributed by atoms with Crippen LogP contribution in [0.4, 0.5) is 5.82 Å². The summed E-state index contributed by atoms with van der Waals surface area (Å²) in [6, 6.07) is 16.4. The number of hydrogen-bond donors (Lipinski definition) is 0. The third-order valence-electron chi connectivity index (χ3n) is 4.17. The second-order valence-electron chi connectivity index (χ2n) is 6.05. The van der Waals surface area contributed by atoms with E-state index in [9.17, 15) is 14.9 Å². The lowest BCUT2D eigenvalue weighted by atomic mass is 10.1. The van der Waals surface area contributed by atoms with Crippen LogP contribution in [0.15, 0.2) is 66.9 Å². The summed E-state index contributed by atoms with van der Waals surface area (Å²) >= 11 is 0. The van der Waals surface area contributed by atoms with Crippen molar-refractivity contribution < 1.29 is 14.5 Å². The number of ketones is 1. The molecule has 7 heteroatoms. The van der Waals surface area contributed by atoms with Crippen LogP contribution in [-0.4, -0.2) is 26.9 Å². The first-order chi connectivity index (χ1) is 13.5. The molecule has 0 unspecified atom stereocenters. The fourth-order valence-electron chi connectivity index (χ4n) is 2.68. The molecule has 7 nitrogen and oxygen atoms in total. The predicted molar refractivity (Wildman–Crippen MR) is 105 cm³/mol. The summed E-state index contributed by atoms with van der Waals surface area (Å²) in [6.45, 7) is 2.26. The Labute approximate surface area is 162 Å². The van der Waals surface area contributed by atoms with E-state index in [2.05, 4.69) is 4.98 Å². The van der Waals surface area contributed by atoms with Gasteiger partial charge in [0.1, 0.15) is 25.1 Å². The highest BCUT2D eigenvalue weighted by atomic mass is 16.6. The molecule has 0 aliphatic carbocycles. The van der Waals surface area contributed by atoms with Crippen molar-refractivity contribution in [3.8, 4) is 5.75 Å². The summed E-state index contributed by atoms with van der Waals surface area (Å²) in [6.07, 6.45) is 4.54. The second kappa shape index (κ2) is 8.77. The summed E-state index contributed by atoms with van der Waals surface area (Å²) < 4.78 is 7.12. The lowest BCUT2D eigenvalue weighted by Gasteiger charge is -2.07. The Morgan fingerprint density at radius 2 is 1.89 bits per heavy atom. The van der Waals surface area contributed by atoms with Crippen LogP contribution in [0.1, 0.15) is 21.7 Å². The monoisotopic (exact) mass is 377 g/mol. The van der Waals surface area contributed by atoms with Crippen LogP contribution in [-0.2, 0) is 6.54 Å². The minimum absolute atomic E-state index is 0.0627. The molecule has 0 amide bonds. The topological polar surface area (TPSA) is 87.3 Å². The van der Waals surface area contributed by atoms with E-state index in [1.807, 2.05) is 30.3 Å². The van der Waals surface area contributed by atoms with Crippen molar-refractivity contribution in [3.63, 3.8) is 0 Å². The number of aryl methyl sites for hydroxylation is 1. The molecule has 0 aliphatic rings. The number of aromatic nitrogens is 2. The SMILES string of the molecule is Cc1ncc([N+](=O)[O-])n1CCOc1ccc(C(=O)/C=C/c2ccccc2)cc1. The molecule has 0 atom stereocenters. The van der Waals surface area contributed by atoms with Crippen LogP contribution < -0.4 is 4.74 Å². The summed E-state index contributed by atoms with van der Waals surface area (Å²) in [5.41, 5.74) is 1.51. The number of nitro groups is 1. The van der Waals surface area contributed by atoms with Crippen molar-refractivity contribution in [3.05, 3.63) is 93.9 Å². The summed E-state index contributed by atoms with van der Waals surface area (Å²) in [5, 5.41) is 11.0. The average molecular weight is 377 g/mol. The van der Waals surface area contributed by atoms with Gasteiger partial charge in [-0.15, -0.1) is 0 Å². The minimum Gasteiger partial charge on any atom is -0.489 e. The zero-order valence-electron chi connectivity index (χ0n) is 15.3. The highest BCUT2D eigenvalue weighted by Crippen LogP contribution is 2.16. The highest BCUT2D eigenvalue weighted by molar-refractivity contribution is 6.06. The van der Waals surface area contributed by atoms with Gasteiger partial charge >= 0.3 is 5.82 Å². The standard InChI is InChI=1S/C21H19N3O4/c1-16-22-15-21(24(26)27)23(16)13-14-28-19-10-8-18(9-11-19)20(25)12-7-17-5-3-2-4-6-17/h2-12,15H,13-14H2,1H3/b12-7+. The number of imidazole rings is 1. The molecular formula is C21H19N3O4. The lowest BCUT2D eigenvalue weighted by Crippen LogP contribution is -2.11. The van der Waals surface area contributed by atoms with Crippen molar-refractivity contribution in [2.45, 2.75) is 13.5 Å². The molecule has 1 heterocycles. The normalized spacial score (nSPS) is 10.9. The van der Waals surface area contributed by atoms with Gasteiger partial charge in [-0.2, -0.15) is 0 Å². The van der Waals surface area contributed by atoms with Gasteiger partial charge in [-0.25, -0.2) is 9.55 Å². The molecule has 0 aliphatic heterocycles. The predicted octanol–water partition coefficient (Wildman–Crippen LogP) is 4.07. The van der Waals surface area contributed by atoms with Crippen molar-refractivity contribution in [1.82, 2.24) is 9.55 Å². The van der Waals surface area contributed by atoms with Gasteiger partial charge in [0.15, 0.2) is 11.6 Å². The zero-order valence-corrected chi connectivity index (χ0v) is 15.3. The van der Waals surface area contributed by atoms with Gasteiger partial charge in [0.25, 0.3) is 0 Å².